The number of aromatic nitrogens is 3. The van der Waals surface area contributed by atoms with Gasteiger partial charge in [0.1, 0.15) is 17.4 Å². The summed E-state index contributed by atoms with van der Waals surface area (Å²) in [4.78, 5) is 15.0. The zero-order chi connectivity index (χ0) is 26.6. The maximum atomic E-state index is 14.5. The molecule has 0 amide bonds. The SMILES string of the molecule is Cc1sc2c(NC[C@@H](N)Cc3ccccc3)nc(-c3ccncc3)nc2c1-c1cc(F)ccc1OC(C)C. The van der Waals surface area contributed by atoms with Gasteiger partial charge in [-0.3, -0.25) is 4.98 Å². The van der Waals surface area contributed by atoms with Gasteiger partial charge in [-0.1, -0.05) is 30.3 Å². The van der Waals surface area contributed by atoms with Gasteiger partial charge in [0.2, 0.25) is 0 Å². The highest BCUT2D eigenvalue weighted by molar-refractivity contribution is 7.20. The Morgan fingerprint density at radius 3 is 2.53 bits per heavy atom. The standard InChI is InChI=1S/C30H30FN5OS/c1-18(2)37-25-10-9-22(31)16-24(25)26-19(3)38-28-27(26)35-29(21-11-13-33-14-12-21)36-30(28)34-17-23(32)15-20-7-5-4-6-8-20/h4-14,16,18,23H,15,17,32H2,1-3H3,(H,34,35,36)/t23-/m0/s1. The Kier molecular flexibility index (Phi) is 7.62. The summed E-state index contributed by atoms with van der Waals surface area (Å²) in [6.45, 7) is 6.46. The molecule has 5 aromatic rings. The van der Waals surface area contributed by atoms with E-state index < -0.39 is 0 Å². The molecule has 0 saturated carbocycles. The van der Waals surface area contributed by atoms with Gasteiger partial charge >= 0.3 is 0 Å². The van der Waals surface area contributed by atoms with Crippen LogP contribution < -0.4 is 15.8 Å². The van der Waals surface area contributed by atoms with Crippen LogP contribution in [0.3, 0.4) is 0 Å². The quantitative estimate of drug-likeness (QED) is 0.224. The van der Waals surface area contributed by atoms with E-state index in [1.807, 2.05) is 51.1 Å². The number of aryl methyl sites for hydroxylation is 1. The molecule has 0 saturated heterocycles. The summed E-state index contributed by atoms with van der Waals surface area (Å²) >= 11 is 1.57. The highest BCUT2D eigenvalue weighted by Crippen LogP contribution is 2.44. The molecular weight excluding hydrogens is 497 g/mol. The molecule has 0 aliphatic heterocycles. The van der Waals surface area contributed by atoms with Gasteiger partial charge in [0.15, 0.2) is 5.82 Å². The lowest BCUT2D eigenvalue weighted by atomic mass is 10.0. The third-order valence-corrected chi connectivity index (χ3v) is 7.20. The fourth-order valence-electron chi connectivity index (χ4n) is 4.43. The number of rotatable bonds is 9. The van der Waals surface area contributed by atoms with Crippen LogP contribution >= 0.6 is 11.3 Å². The number of fused-ring (bicyclic) bond motifs is 1. The molecule has 38 heavy (non-hydrogen) atoms. The van der Waals surface area contributed by atoms with E-state index >= 15 is 0 Å². The van der Waals surface area contributed by atoms with Crippen LogP contribution in [0.2, 0.25) is 0 Å². The van der Waals surface area contributed by atoms with Crippen molar-refractivity contribution in [3.63, 3.8) is 0 Å². The molecular formula is C30H30FN5OS. The molecule has 1 atom stereocenters. The van der Waals surface area contributed by atoms with Crippen LogP contribution in [0.25, 0.3) is 32.7 Å². The molecule has 0 aliphatic rings. The lowest BCUT2D eigenvalue weighted by Gasteiger charge is -2.16. The molecule has 0 radical (unpaired) electrons. The Bertz CT molecular complexity index is 1540. The van der Waals surface area contributed by atoms with Gasteiger partial charge in [-0.2, -0.15) is 0 Å². The average Bonchev–Trinajstić information content (AvgIpc) is 3.24. The van der Waals surface area contributed by atoms with E-state index in [0.29, 0.717) is 29.5 Å². The van der Waals surface area contributed by atoms with Gasteiger partial charge in [-0.15, -0.1) is 11.3 Å². The van der Waals surface area contributed by atoms with Crippen molar-refractivity contribution < 1.29 is 9.13 Å². The Balaban J connectivity index is 1.60. The highest BCUT2D eigenvalue weighted by atomic mass is 32.1. The summed E-state index contributed by atoms with van der Waals surface area (Å²) in [5, 5.41) is 3.48. The maximum Gasteiger partial charge on any atom is 0.162 e. The number of hydrogen-bond acceptors (Lipinski definition) is 7. The van der Waals surface area contributed by atoms with E-state index in [1.165, 1.54) is 17.7 Å². The van der Waals surface area contributed by atoms with Gasteiger partial charge < -0.3 is 15.8 Å². The number of thiophene rings is 1. The van der Waals surface area contributed by atoms with Crippen LogP contribution in [0.4, 0.5) is 10.2 Å². The van der Waals surface area contributed by atoms with E-state index in [-0.39, 0.29) is 18.0 Å². The first kappa shape index (κ1) is 25.8. The third-order valence-electron chi connectivity index (χ3n) is 6.09. The number of nitrogens with one attached hydrogen (secondary N) is 1. The van der Waals surface area contributed by atoms with Gasteiger partial charge in [-0.25, -0.2) is 14.4 Å². The molecule has 2 aromatic carbocycles. The lowest BCUT2D eigenvalue weighted by molar-refractivity contribution is 0.243. The van der Waals surface area contributed by atoms with Crippen molar-refractivity contribution in [1.29, 1.82) is 0 Å². The van der Waals surface area contributed by atoms with E-state index in [0.717, 1.165) is 32.6 Å². The molecule has 0 unspecified atom stereocenters. The molecule has 8 heteroatoms. The number of benzene rings is 2. The van der Waals surface area contributed by atoms with Crippen LogP contribution in [0.15, 0.2) is 73.1 Å². The number of anilines is 1. The van der Waals surface area contributed by atoms with Crippen molar-refractivity contribution in [2.75, 3.05) is 11.9 Å². The minimum Gasteiger partial charge on any atom is -0.490 e. The van der Waals surface area contributed by atoms with E-state index in [4.69, 9.17) is 20.4 Å². The minimum atomic E-state index is -0.330. The number of halogens is 1. The maximum absolute atomic E-state index is 14.5. The highest BCUT2D eigenvalue weighted by Gasteiger charge is 2.22. The Hall–Kier alpha value is -3.88. The van der Waals surface area contributed by atoms with Crippen LogP contribution in [-0.2, 0) is 6.42 Å². The average molecular weight is 528 g/mol. The normalized spacial score (nSPS) is 12.2. The fraction of sp³-hybridized carbons (Fsp3) is 0.233. The van der Waals surface area contributed by atoms with Crippen molar-refractivity contribution in [3.8, 4) is 28.3 Å². The third kappa shape index (κ3) is 5.66. The van der Waals surface area contributed by atoms with Crippen molar-refractivity contribution >= 4 is 27.4 Å². The molecule has 3 N–H and O–H groups in total. The smallest absolute Gasteiger partial charge is 0.162 e. The number of ether oxygens (including phenoxy) is 1. The summed E-state index contributed by atoms with van der Waals surface area (Å²) < 4.78 is 21.5. The van der Waals surface area contributed by atoms with Crippen LogP contribution in [0.1, 0.15) is 24.3 Å². The second-order valence-electron chi connectivity index (χ2n) is 9.48. The molecule has 0 aliphatic carbocycles. The largest absolute Gasteiger partial charge is 0.490 e. The summed E-state index contributed by atoms with van der Waals surface area (Å²) in [5.74, 6) is 1.55. The zero-order valence-electron chi connectivity index (χ0n) is 21.6. The summed E-state index contributed by atoms with van der Waals surface area (Å²) in [7, 11) is 0. The first-order valence-electron chi connectivity index (χ1n) is 12.6. The second-order valence-corrected chi connectivity index (χ2v) is 10.7. The molecule has 6 nitrogen and oxygen atoms in total. The molecule has 0 bridgehead atoms. The van der Waals surface area contributed by atoms with Crippen LogP contribution in [0, 0.1) is 12.7 Å². The monoisotopic (exact) mass is 527 g/mol. The predicted octanol–water partition coefficient (Wildman–Crippen LogP) is 6.64. The van der Waals surface area contributed by atoms with Crippen molar-refractivity contribution in [2.24, 2.45) is 5.73 Å². The number of hydrogen-bond donors (Lipinski definition) is 2. The van der Waals surface area contributed by atoms with Gasteiger partial charge in [0.05, 0.1) is 16.3 Å². The second kappa shape index (κ2) is 11.2. The molecule has 0 fully saturated rings. The molecule has 0 spiro atoms. The zero-order valence-corrected chi connectivity index (χ0v) is 22.4. The first-order valence-corrected chi connectivity index (χ1v) is 13.4. The van der Waals surface area contributed by atoms with E-state index in [9.17, 15) is 4.39 Å². The van der Waals surface area contributed by atoms with Crippen molar-refractivity contribution in [2.45, 2.75) is 39.3 Å². The minimum absolute atomic E-state index is 0.0604. The summed E-state index contributed by atoms with van der Waals surface area (Å²) in [6, 6.07) is 18.5. The number of pyridine rings is 1. The number of nitrogens with zero attached hydrogens (tertiary/aromatic N) is 3. The summed E-state index contributed by atoms with van der Waals surface area (Å²) in [6.07, 6.45) is 4.11. The molecule has 5 rings (SSSR count). The Morgan fingerprint density at radius 2 is 1.79 bits per heavy atom. The van der Waals surface area contributed by atoms with Crippen molar-refractivity contribution in [3.05, 3.63) is 89.3 Å². The van der Waals surface area contributed by atoms with Crippen LogP contribution in [0.5, 0.6) is 5.75 Å². The van der Waals surface area contributed by atoms with E-state index in [1.54, 1.807) is 29.8 Å². The summed E-state index contributed by atoms with van der Waals surface area (Å²) in [5.41, 5.74) is 10.8. The van der Waals surface area contributed by atoms with Gasteiger partial charge in [0.25, 0.3) is 0 Å². The Labute approximate surface area is 225 Å². The molecule has 3 aromatic heterocycles. The van der Waals surface area contributed by atoms with Crippen molar-refractivity contribution in [1.82, 2.24) is 15.0 Å². The fourth-order valence-corrected chi connectivity index (χ4v) is 5.50. The van der Waals surface area contributed by atoms with Crippen LogP contribution in [-0.4, -0.2) is 33.6 Å². The number of nitrogens with two attached hydrogens (primary N) is 1. The van der Waals surface area contributed by atoms with Gasteiger partial charge in [-0.05, 0) is 63.1 Å². The Morgan fingerprint density at radius 1 is 1.03 bits per heavy atom. The van der Waals surface area contributed by atoms with E-state index in [2.05, 4.69) is 22.4 Å². The lowest BCUT2D eigenvalue weighted by Crippen LogP contribution is -2.31. The first-order chi connectivity index (χ1) is 18.4. The molecule has 3 heterocycles. The predicted molar refractivity (Wildman–Crippen MR) is 153 cm³/mol. The van der Waals surface area contributed by atoms with Gasteiger partial charge in [0, 0.05) is 46.5 Å². The molecule has 194 valence electrons. The topological polar surface area (TPSA) is 86.0 Å².